The zero-order chi connectivity index (χ0) is 21.3. The molecule has 4 rings (SSSR count). The highest BCUT2D eigenvalue weighted by Crippen LogP contribution is 2.50. The summed E-state index contributed by atoms with van der Waals surface area (Å²) in [5.74, 6) is 0.358. The Hall–Kier alpha value is -2.56. The molecule has 0 aliphatic heterocycles. The maximum atomic E-state index is 12.7. The minimum Gasteiger partial charge on any atom is -0.493 e. The molecule has 0 amide bonds. The highest BCUT2D eigenvalue weighted by Gasteiger charge is 2.41. The van der Waals surface area contributed by atoms with Gasteiger partial charge < -0.3 is 14.5 Å². The Labute approximate surface area is 177 Å². The molecule has 1 saturated carbocycles. The van der Waals surface area contributed by atoms with E-state index in [1.54, 1.807) is 6.07 Å². The van der Waals surface area contributed by atoms with Gasteiger partial charge in [-0.1, -0.05) is 32.6 Å². The van der Waals surface area contributed by atoms with Gasteiger partial charge in [0, 0.05) is 11.0 Å². The van der Waals surface area contributed by atoms with E-state index in [-0.39, 0.29) is 16.5 Å². The Bertz CT molecular complexity index is 1010. The highest BCUT2D eigenvalue weighted by atomic mass is 16.5. The molecule has 0 bridgehead atoms. The number of unbranched alkanes of at least 4 members (excludes halogenated alkanes) is 1. The summed E-state index contributed by atoms with van der Waals surface area (Å²) in [6, 6.07) is 6.10. The van der Waals surface area contributed by atoms with Gasteiger partial charge in [0.05, 0.1) is 19.4 Å². The SMILES string of the molecule is CCCCOc1cc2c(cc1C)-c1[nH]c(=O)c(C(=O)OC)cc1C1(CCCCC1)C2. The maximum Gasteiger partial charge on any atom is 0.343 e. The summed E-state index contributed by atoms with van der Waals surface area (Å²) in [4.78, 5) is 28.0. The largest absolute Gasteiger partial charge is 0.493 e. The predicted molar refractivity (Wildman–Crippen MR) is 117 cm³/mol. The lowest BCUT2D eigenvalue weighted by atomic mass is 9.62. The number of carbonyl (C=O) groups is 1. The van der Waals surface area contributed by atoms with E-state index in [9.17, 15) is 9.59 Å². The number of methoxy groups -OCH3 is 1. The summed E-state index contributed by atoms with van der Waals surface area (Å²) in [5.41, 5.74) is 4.95. The van der Waals surface area contributed by atoms with Crippen molar-refractivity contribution in [1.82, 2.24) is 4.98 Å². The number of hydrogen-bond acceptors (Lipinski definition) is 4. The van der Waals surface area contributed by atoms with Gasteiger partial charge in [0.15, 0.2) is 0 Å². The Morgan fingerprint density at radius 3 is 2.63 bits per heavy atom. The highest BCUT2D eigenvalue weighted by molar-refractivity contribution is 5.90. The zero-order valence-electron chi connectivity index (χ0n) is 18.2. The number of aryl methyl sites for hydroxylation is 1. The van der Waals surface area contributed by atoms with Crippen molar-refractivity contribution in [2.24, 2.45) is 0 Å². The van der Waals surface area contributed by atoms with Gasteiger partial charge >= 0.3 is 5.97 Å². The van der Waals surface area contributed by atoms with Crippen molar-refractivity contribution in [2.75, 3.05) is 13.7 Å². The lowest BCUT2D eigenvalue weighted by Gasteiger charge is -2.43. The van der Waals surface area contributed by atoms with Crippen LogP contribution in [0.3, 0.4) is 0 Å². The number of aromatic nitrogens is 1. The molecular formula is C25H31NO4. The molecule has 5 heteroatoms. The molecule has 1 spiro atoms. The van der Waals surface area contributed by atoms with Crippen LogP contribution in [0.5, 0.6) is 5.75 Å². The topological polar surface area (TPSA) is 68.4 Å². The fourth-order valence-corrected chi connectivity index (χ4v) is 5.15. The Kier molecular flexibility index (Phi) is 5.72. The van der Waals surface area contributed by atoms with E-state index in [4.69, 9.17) is 9.47 Å². The fourth-order valence-electron chi connectivity index (χ4n) is 5.15. The summed E-state index contributed by atoms with van der Waals surface area (Å²) >= 11 is 0. The fraction of sp³-hybridized carbons (Fsp3) is 0.520. The number of hydrogen-bond donors (Lipinski definition) is 1. The molecule has 0 radical (unpaired) electrons. The number of esters is 1. The average Bonchev–Trinajstić information content (AvgIpc) is 2.75. The van der Waals surface area contributed by atoms with Crippen molar-refractivity contribution >= 4 is 5.97 Å². The monoisotopic (exact) mass is 409 g/mol. The molecule has 2 aliphatic carbocycles. The summed E-state index contributed by atoms with van der Waals surface area (Å²) in [7, 11) is 1.32. The first kappa shape index (κ1) is 20.7. The first-order valence-corrected chi connectivity index (χ1v) is 11.1. The first-order valence-electron chi connectivity index (χ1n) is 11.1. The van der Waals surface area contributed by atoms with E-state index in [1.165, 1.54) is 19.1 Å². The Balaban J connectivity index is 1.87. The lowest BCUT2D eigenvalue weighted by molar-refractivity contribution is 0.0598. The van der Waals surface area contributed by atoms with Crippen LogP contribution in [0.2, 0.25) is 0 Å². The van der Waals surface area contributed by atoms with Gasteiger partial charge in [-0.3, -0.25) is 4.79 Å². The molecule has 0 atom stereocenters. The van der Waals surface area contributed by atoms with E-state index >= 15 is 0 Å². The predicted octanol–water partition coefficient (Wildman–Crippen LogP) is 5.07. The summed E-state index contributed by atoms with van der Waals surface area (Å²) in [6.45, 7) is 4.93. The molecule has 1 aromatic heterocycles. The van der Waals surface area contributed by atoms with Crippen LogP contribution >= 0.6 is 0 Å². The van der Waals surface area contributed by atoms with Crippen molar-refractivity contribution in [1.29, 1.82) is 0 Å². The molecule has 5 nitrogen and oxygen atoms in total. The molecular weight excluding hydrogens is 378 g/mol. The van der Waals surface area contributed by atoms with Crippen LogP contribution in [0, 0.1) is 6.92 Å². The molecule has 2 aromatic rings. The number of H-pyrrole nitrogens is 1. The van der Waals surface area contributed by atoms with Crippen LogP contribution in [-0.2, 0) is 16.6 Å². The third-order valence-electron chi connectivity index (χ3n) is 6.78. The van der Waals surface area contributed by atoms with Gasteiger partial charge in [0.2, 0.25) is 0 Å². The first-order chi connectivity index (χ1) is 14.5. The van der Waals surface area contributed by atoms with E-state index in [1.807, 2.05) is 6.92 Å². The number of carbonyl (C=O) groups excluding carboxylic acids is 1. The van der Waals surface area contributed by atoms with E-state index < -0.39 is 5.97 Å². The van der Waals surface area contributed by atoms with Gasteiger partial charge in [-0.15, -0.1) is 0 Å². The standard InChI is InChI=1S/C25H31NO4/c1-4-5-11-30-21-13-17-15-25(9-7-6-8-10-25)20-14-19(24(28)29-3)23(27)26-22(20)18(17)12-16(21)2/h12-14H,4-11,15H2,1-3H3,(H,26,27). The van der Waals surface area contributed by atoms with E-state index in [2.05, 4.69) is 24.0 Å². The number of aromatic amines is 1. The number of nitrogens with one attached hydrogen (secondary N) is 1. The third-order valence-corrected chi connectivity index (χ3v) is 6.78. The van der Waals surface area contributed by atoms with Crippen molar-refractivity contribution in [3.63, 3.8) is 0 Å². The second-order valence-corrected chi connectivity index (χ2v) is 8.79. The van der Waals surface area contributed by atoms with Gasteiger partial charge in [0.25, 0.3) is 5.56 Å². The van der Waals surface area contributed by atoms with Crippen LogP contribution < -0.4 is 10.3 Å². The van der Waals surface area contributed by atoms with Crippen LogP contribution in [-0.4, -0.2) is 24.7 Å². The van der Waals surface area contributed by atoms with Gasteiger partial charge in [-0.2, -0.15) is 0 Å². The smallest absolute Gasteiger partial charge is 0.343 e. The number of ether oxygens (including phenoxy) is 2. The molecule has 0 unspecified atom stereocenters. The normalized spacial score (nSPS) is 16.6. The molecule has 1 fully saturated rings. The van der Waals surface area contributed by atoms with E-state index in [0.29, 0.717) is 0 Å². The van der Waals surface area contributed by atoms with Crippen LogP contribution in [0.4, 0.5) is 0 Å². The van der Waals surface area contributed by atoms with Crippen molar-refractivity contribution in [3.8, 4) is 17.0 Å². The Morgan fingerprint density at radius 2 is 1.93 bits per heavy atom. The quantitative estimate of drug-likeness (QED) is 0.553. The average molecular weight is 410 g/mol. The summed E-state index contributed by atoms with van der Waals surface area (Å²) < 4.78 is 10.9. The minimum atomic E-state index is -0.577. The van der Waals surface area contributed by atoms with Crippen LogP contribution in [0.25, 0.3) is 11.3 Å². The molecule has 1 N–H and O–H groups in total. The number of fused-ring (bicyclic) bond motifs is 4. The molecule has 160 valence electrons. The van der Waals surface area contributed by atoms with Gasteiger partial charge in [-0.25, -0.2) is 4.79 Å². The molecule has 0 saturated heterocycles. The number of pyridine rings is 1. The van der Waals surface area contributed by atoms with Crippen molar-refractivity contribution < 1.29 is 14.3 Å². The Morgan fingerprint density at radius 1 is 1.17 bits per heavy atom. The van der Waals surface area contributed by atoms with Crippen molar-refractivity contribution in [2.45, 2.75) is 70.6 Å². The number of benzene rings is 1. The second-order valence-electron chi connectivity index (χ2n) is 8.79. The number of rotatable bonds is 5. The third kappa shape index (κ3) is 3.55. The maximum absolute atomic E-state index is 12.7. The van der Waals surface area contributed by atoms with E-state index in [0.717, 1.165) is 79.7 Å². The van der Waals surface area contributed by atoms with Crippen molar-refractivity contribution in [3.05, 3.63) is 50.8 Å². The van der Waals surface area contributed by atoms with Crippen LogP contribution in [0.1, 0.15) is 78.9 Å². The lowest BCUT2D eigenvalue weighted by Crippen LogP contribution is -2.37. The molecule has 30 heavy (non-hydrogen) atoms. The molecule has 2 aliphatic rings. The second kappa shape index (κ2) is 8.29. The summed E-state index contributed by atoms with van der Waals surface area (Å²) in [5, 5.41) is 0. The van der Waals surface area contributed by atoms with Gasteiger partial charge in [-0.05, 0) is 67.5 Å². The van der Waals surface area contributed by atoms with Crippen LogP contribution in [0.15, 0.2) is 23.0 Å². The summed E-state index contributed by atoms with van der Waals surface area (Å²) in [6.07, 6.45) is 8.72. The van der Waals surface area contributed by atoms with Gasteiger partial charge in [0.1, 0.15) is 11.3 Å². The molecule has 1 heterocycles. The molecule has 1 aromatic carbocycles. The minimum absolute atomic E-state index is 0.0521. The zero-order valence-corrected chi connectivity index (χ0v) is 18.2.